The molecule has 4 heteroatoms. The Morgan fingerprint density at radius 2 is 2.05 bits per heavy atom. The van der Waals surface area contributed by atoms with Crippen molar-refractivity contribution in [2.45, 2.75) is 57.1 Å². The average molecular weight is 265 g/mol. The number of likely N-dealkylation sites (N-methyl/N-ethyl adjacent to an activating group) is 1. The van der Waals surface area contributed by atoms with E-state index < -0.39 is 0 Å². The maximum atomic E-state index is 6.04. The number of nitrogens with one attached hydrogen (secondary N) is 1. The first-order valence-corrected chi connectivity index (χ1v) is 7.49. The topological polar surface area (TPSA) is 39.1 Å². The maximum absolute atomic E-state index is 6.04. The highest BCUT2D eigenvalue weighted by Gasteiger charge is 2.41. The third kappa shape index (κ3) is 3.00. The van der Waals surface area contributed by atoms with Crippen LogP contribution in [0, 0.1) is 0 Å². The molecule has 2 rings (SSSR count). The van der Waals surface area contributed by atoms with Crippen molar-refractivity contribution in [3.63, 3.8) is 0 Å². The lowest BCUT2D eigenvalue weighted by atomic mass is 9.85. The van der Waals surface area contributed by atoms with Gasteiger partial charge in [-0.1, -0.05) is 32.6 Å². The quantitative estimate of drug-likeness (QED) is 0.832. The zero-order valence-corrected chi connectivity index (χ0v) is 12.5. The highest BCUT2D eigenvalue weighted by atomic mass is 16.5. The predicted octanol–water partition coefficient (Wildman–Crippen LogP) is 2.81. The number of aryl methyl sites for hydroxylation is 1. The van der Waals surface area contributed by atoms with E-state index in [0.717, 1.165) is 25.2 Å². The van der Waals surface area contributed by atoms with Gasteiger partial charge in [-0.05, 0) is 19.4 Å². The van der Waals surface area contributed by atoms with Gasteiger partial charge in [0.25, 0.3) is 0 Å². The van der Waals surface area contributed by atoms with Gasteiger partial charge in [0.2, 0.25) is 0 Å². The Bertz CT molecular complexity index is 380. The van der Waals surface area contributed by atoms with Gasteiger partial charge in [-0.15, -0.1) is 0 Å². The summed E-state index contributed by atoms with van der Waals surface area (Å²) in [5.41, 5.74) is -0.106. The summed E-state index contributed by atoms with van der Waals surface area (Å²) in [6.07, 6.45) is 11.3. The fourth-order valence-electron chi connectivity index (χ4n) is 3.31. The fourth-order valence-corrected chi connectivity index (χ4v) is 3.31. The molecule has 4 nitrogen and oxygen atoms in total. The van der Waals surface area contributed by atoms with Gasteiger partial charge >= 0.3 is 0 Å². The number of methoxy groups -OCH3 is 1. The van der Waals surface area contributed by atoms with Gasteiger partial charge in [0.05, 0.1) is 11.6 Å². The number of rotatable bonds is 5. The molecular weight excluding hydrogens is 238 g/mol. The largest absolute Gasteiger partial charge is 0.376 e. The van der Waals surface area contributed by atoms with E-state index in [4.69, 9.17) is 4.74 Å². The lowest BCUT2D eigenvalue weighted by molar-refractivity contribution is -0.0564. The van der Waals surface area contributed by atoms with E-state index in [2.05, 4.69) is 28.8 Å². The Morgan fingerprint density at radius 1 is 1.37 bits per heavy atom. The van der Waals surface area contributed by atoms with Crippen molar-refractivity contribution in [3.8, 4) is 0 Å². The average Bonchev–Trinajstić information content (AvgIpc) is 2.70. The summed E-state index contributed by atoms with van der Waals surface area (Å²) < 4.78 is 8.15. The van der Waals surface area contributed by atoms with E-state index in [0.29, 0.717) is 0 Å². The maximum Gasteiger partial charge on any atom is 0.128 e. The minimum absolute atomic E-state index is 0.106. The van der Waals surface area contributed by atoms with Crippen LogP contribution in [0.25, 0.3) is 0 Å². The van der Waals surface area contributed by atoms with Crippen LogP contribution in [0.4, 0.5) is 0 Å². The number of hydrogen-bond acceptors (Lipinski definition) is 3. The van der Waals surface area contributed by atoms with Gasteiger partial charge in [-0.3, -0.25) is 0 Å². The molecule has 1 fully saturated rings. The summed E-state index contributed by atoms with van der Waals surface area (Å²) in [6.45, 7) is 3.08. The molecule has 1 atom stereocenters. The summed E-state index contributed by atoms with van der Waals surface area (Å²) in [5, 5.41) is 3.61. The lowest BCUT2D eigenvalue weighted by Crippen LogP contribution is -2.46. The molecule has 0 radical (unpaired) electrons. The molecule has 0 aromatic carbocycles. The number of ether oxygens (including phenoxy) is 1. The minimum Gasteiger partial charge on any atom is -0.376 e. The van der Waals surface area contributed by atoms with Crippen LogP contribution in [-0.4, -0.2) is 28.8 Å². The van der Waals surface area contributed by atoms with Gasteiger partial charge in [0.1, 0.15) is 5.82 Å². The second-order valence-corrected chi connectivity index (χ2v) is 5.57. The minimum atomic E-state index is -0.106. The molecule has 1 aromatic heterocycles. The molecule has 1 aliphatic rings. The first-order valence-electron chi connectivity index (χ1n) is 7.49. The smallest absolute Gasteiger partial charge is 0.128 e. The molecule has 1 aromatic rings. The van der Waals surface area contributed by atoms with Crippen LogP contribution in [0.15, 0.2) is 12.4 Å². The Hall–Kier alpha value is -0.870. The van der Waals surface area contributed by atoms with E-state index in [1.54, 1.807) is 0 Å². The van der Waals surface area contributed by atoms with Crippen LogP contribution in [0.3, 0.4) is 0 Å². The summed E-state index contributed by atoms with van der Waals surface area (Å²) in [4.78, 5) is 4.55. The molecule has 1 heterocycles. The molecule has 108 valence electrons. The zero-order chi connectivity index (χ0) is 13.7. The Kier molecular flexibility index (Phi) is 4.99. The van der Waals surface area contributed by atoms with Crippen molar-refractivity contribution in [1.29, 1.82) is 0 Å². The Morgan fingerprint density at radius 3 is 2.53 bits per heavy atom. The van der Waals surface area contributed by atoms with Crippen LogP contribution in [-0.2, 0) is 11.8 Å². The third-order valence-electron chi connectivity index (χ3n) is 4.41. The molecular formula is C15H27N3O. The normalized spacial score (nSPS) is 21.0. The van der Waals surface area contributed by atoms with Crippen molar-refractivity contribution in [1.82, 2.24) is 14.9 Å². The molecule has 0 aliphatic heterocycles. The Balaban J connectivity index is 2.31. The summed E-state index contributed by atoms with van der Waals surface area (Å²) in [7, 11) is 3.92. The first kappa shape index (κ1) is 14.5. The van der Waals surface area contributed by atoms with Crippen molar-refractivity contribution < 1.29 is 4.74 Å². The van der Waals surface area contributed by atoms with E-state index in [1.165, 1.54) is 25.7 Å². The molecule has 0 spiro atoms. The second kappa shape index (κ2) is 6.53. The van der Waals surface area contributed by atoms with Gasteiger partial charge < -0.3 is 14.6 Å². The van der Waals surface area contributed by atoms with Crippen molar-refractivity contribution in [2.75, 3.05) is 13.7 Å². The SMILES string of the molecule is CCNC(c1nccn1C)C1(OC)CCCCCC1. The number of imidazole rings is 1. The second-order valence-electron chi connectivity index (χ2n) is 5.57. The van der Waals surface area contributed by atoms with Crippen molar-refractivity contribution >= 4 is 0 Å². The summed E-state index contributed by atoms with van der Waals surface area (Å²) in [5.74, 6) is 1.09. The molecule has 1 unspecified atom stereocenters. The molecule has 1 aliphatic carbocycles. The van der Waals surface area contributed by atoms with Crippen molar-refractivity contribution in [2.24, 2.45) is 7.05 Å². The van der Waals surface area contributed by atoms with Crippen LogP contribution in [0.5, 0.6) is 0 Å². The van der Waals surface area contributed by atoms with E-state index >= 15 is 0 Å². The number of nitrogens with zero attached hydrogens (tertiary/aromatic N) is 2. The van der Waals surface area contributed by atoms with Gasteiger partial charge in [0, 0.05) is 26.6 Å². The van der Waals surface area contributed by atoms with Gasteiger partial charge in [0.15, 0.2) is 0 Å². The van der Waals surface area contributed by atoms with Crippen molar-refractivity contribution in [3.05, 3.63) is 18.2 Å². The van der Waals surface area contributed by atoms with Crippen LogP contribution >= 0.6 is 0 Å². The monoisotopic (exact) mass is 265 g/mol. The lowest BCUT2D eigenvalue weighted by Gasteiger charge is -2.39. The van der Waals surface area contributed by atoms with Crippen LogP contribution in [0.2, 0.25) is 0 Å². The number of aromatic nitrogens is 2. The Labute approximate surface area is 116 Å². The zero-order valence-electron chi connectivity index (χ0n) is 12.5. The highest BCUT2D eigenvalue weighted by molar-refractivity contribution is 5.08. The standard InChI is InChI=1S/C15H27N3O/c1-4-16-13(14-17-11-12-18(14)2)15(19-3)9-7-5-6-8-10-15/h11-13,16H,4-10H2,1-3H3. The van der Waals surface area contributed by atoms with Crippen LogP contribution < -0.4 is 5.32 Å². The van der Waals surface area contributed by atoms with E-state index in [1.807, 2.05) is 19.5 Å². The molecule has 1 N–H and O–H groups in total. The van der Waals surface area contributed by atoms with E-state index in [-0.39, 0.29) is 11.6 Å². The summed E-state index contributed by atoms with van der Waals surface area (Å²) >= 11 is 0. The fraction of sp³-hybridized carbons (Fsp3) is 0.800. The van der Waals surface area contributed by atoms with E-state index in [9.17, 15) is 0 Å². The third-order valence-corrected chi connectivity index (χ3v) is 4.41. The summed E-state index contributed by atoms with van der Waals surface area (Å²) in [6, 6.07) is 0.181. The number of hydrogen-bond donors (Lipinski definition) is 1. The highest BCUT2D eigenvalue weighted by Crippen LogP contribution is 2.39. The molecule has 19 heavy (non-hydrogen) atoms. The van der Waals surface area contributed by atoms with Crippen LogP contribution in [0.1, 0.15) is 57.3 Å². The molecule has 1 saturated carbocycles. The molecule has 0 saturated heterocycles. The molecule has 0 amide bonds. The molecule has 0 bridgehead atoms. The first-order chi connectivity index (χ1) is 9.23. The van der Waals surface area contributed by atoms with Gasteiger partial charge in [-0.25, -0.2) is 4.98 Å². The predicted molar refractivity (Wildman–Crippen MR) is 77.1 cm³/mol. The van der Waals surface area contributed by atoms with Gasteiger partial charge in [-0.2, -0.15) is 0 Å².